The first-order valence-electron chi connectivity index (χ1n) is 8.99. The standard InChI is InChI=1S/C19H30N4O3/c1-5-21-19(23-12-10-17(24)26-14(2)3)22-11-9-15-7-6-8-16(13-15)18(25)20-4/h6-8,13-14H,5,9-12H2,1-4H3,(H,20,25)(H2,21,22,23). The van der Waals surface area contributed by atoms with Crippen LogP contribution in [0.4, 0.5) is 0 Å². The number of guanidine groups is 1. The number of carbonyl (C=O) groups excluding carboxylic acids is 2. The van der Waals surface area contributed by atoms with Crippen LogP contribution in [0, 0.1) is 0 Å². The molecule has 0 aliphatic heterocycles. The van der Waals surface area contributed by atoms with Crippen LogP contribution in [-0.4, -0.2) is 50.6 Å². The van der Waals surface area contributed by atoms with Crippen molar-refractivity contribution in [2.24, 2.45) is 4.99 Å². The van der Waals surface area contributed by atoms with E-state index in [4.69, 9.17) is 4.74 Å². The molecule has 0 saturated carbocycles. The number of nitrogens with one attached hydrogen (secondary N) is 3. The fourth-order valence-electron chi connectivity index (χ4n) is 2.26. The van der Waals surface area contributed by atoms with E-state index in [9.17, 15) is 9.59 Å². The number of hydrogen-bond donors (Lipinski definition) is 3. The van der Waals surface area contributed by atoms with Crippen molar-refractivity contribution in [3.8, 4) is 0 Å². The second kappa shape index (κ2) is 11.9. The predicted molar refractivity (Wildman–Crippen MR) is 103 cm³/mol. The van der Waals surface area contributed by atoms with Gasteiger partial charge in [-0.15, -0.1) is 0 Å². The predicted octanol–water partition coefficient (Wildman–Crippen LogP) is 1.49. The molecule has 0 spiro atoms. The van der Waals surface area contributed by atoms with E-state index in [0.29, 0.717) is 24.6 Å². The van der Waals surface area contributed by atoms with E-state index in [1.165, 1.54) is 0 Å². The van der Waals surface area contributed by atoms with Gasteiger partial charge in [0.2, 0.25) is 0 Å². The molecule has 0 aliphatic rings. The van der Waals surface area contributed by atoms with Gasteiger partial charge in [0.15, 0.2) is 5.96 Å². The normalized spacial score (nSPS) is 11.2. The van der Waals surface area contributed by atoms with Crippen molar-refractivity contribution in [2.75, 3.05) is 26.7 Å². The maximum Gasteiger partial charge on any atom is 0.307 e. The fourth-order valence-corrected chi connectivity index (χ4v) is 2.26. The van der Waals surface area contributed by atoms with E-state index >= 15 is 0 Å². The van der Waals surface area contributed by atoms with Crippen molar-refractivity contribution in [1.82, 2.24) is 16.0 Å². The highest BCUT2D eigenvalue weighted by atomic mass is 16.5. The van der Waals surface area contributed by atoms with Crippen LogP contribution in [0.3, 0.4) is 0 Å². The molecule has 0 saturated heterocycles. The number of hydrogen-bond acceptors (Lipinski definition) is 4. The molecule has 0 aliphatic carbocycles. The zero-order valence-corrected chi connectivity index (χ0v) is 16.1. The molecule has 3 N–H and O–H groups in total. The van der Waals surface area contributed by atoms with Crippen molar-refractivity contribution in [2.45, 2.75) is 39.7 Å². The third kappa shape index (κ3) is 8.50. The summed E-state index contributed by atoms with van der Waals surface area (Å²) in [5.41, 5.74) is 1.71. The number of carbonyl (C=O) groups is 2. The molecule has 1 aromatic rings. The number of ether oxygens (including phenoxy) is 1. The smallest absolute Gasteiger partial charge is 0.307 e. The van der Waals surface area contributed by atoms with Crippen LogP contribution in [0.15, 0.2) is 29.3 Å². The summed E-state index contributed by atoms with van der Waals surface area (Å²) in [5.74, 6) is 0.320. The first kappa shape index (κ1) is 21.5. The summed E-state index contributed by atoms with van der Waals surface area (Å²) in [5, 5.41) is 9.00. The largest absolute Gasteiger partial charge is 0.463 e. The number of esters is 1. The fraction of sp³-hybridized carbons (Fsp3) is 0.526. The quantitative estimate of drug-likeness (QED) is 0.352. The molecule has 0 atom stereocenters. The maximum absolute atomic E-state index is 11.7. The highest BCUT2D eigenvalue weighted by molar-refractivity contribution is 5.94. The summed E-state index contributed by atoms with van der Waals surface area (Å²) in [6, 6.07) is 7.53. The Morgan fingerprint density at radius 1 is 1.23 bits per heavy atom. The summed E-state index contributed by atoms with van der Waals surface area (Å²) in [4.78, 5) is 27.6. The lowest BCUT2D eigenvalue weighted by Crippen LogP contribution is -2.38. The van der Waals surface area contributed by atoms with Gasteiger partial charge in [-0.05, 0) is 44.9 Å². The lowest BCUT2D eigenvalue weighted by Gasteiger charge is -2.12. The van der Waals surface area contributed by atoms with E-state index < -0.39 is 0 Å². The lowest BCUT2D eigenvalue weighted by molar-refractivity contribution is -0.147. The van der Waals surface area contributed by atoms with Crippen molar-refractivity contribution in [3.63, 3.8) is 0 Å². The Bertz CT molecular complexity index is 615. The molecule has 7 nitrogen and oxygen atoms in total. The van der Waals surface area contributed by atoms with Crippen LogP contribution < -0.4 is 16.0 Å². The minimum absolute atomic E-state index is 0.0944. The minimum atomic E-state index is -0.245. The van der Waals surface area contributed by atoms with Gasteiger partial charge in [-0.3, -0.25) is 14.6 Å². The molecule has 1 amide bonds. The van der Waals surface area contributed by atoms with E-state index in [1.54, 1.807) is 13.1 Å². The van der Waals surface area contributed by atoms with Crippen molar-refractivity contribution in [3.05, 3.63) is 35.4 Å². The van der Waals surface area contributed by atoms with Gasteiger partial charge in [-0.25, -0.2) is 0 Å². The van der Waals surface area contributed by atoms with Gasteiger partial charge in [0.05, 0.1) is 19.1 Å². The lowest BCUT2D eigenvalue weighted by atomic mass is 10.1. The van der Waals surface area contributed by atoms with Gasteiger partial charge < -0.3 is 20.7 Å². The summed E-state index contributed by atoms with van der Waals surface area (Å²) in [7, 11) is 1.62. The Labute approximate surface area is 155 Å². The number of aliphatic imine (C=N–C) groups is 1. The molecule has 26 heavy (non-hydrogen) atoms. The Kier molecular flexibility index (Phi) is 9.82. The molecule has 0 fully saturated rings. The third-order valence-corrected chi connectivity index (χ3v) is 3.42. The first-order valence-corrected chi connectivity index (χ1v) is 8.99. The van der Waals surface area contributed by atoms with Crippen LogP contribution in [0.25, 0.3) is 0 Å². The van der Waals surface area contributed by atoms with Gasteiger partial charge in [0.1, 0.15) is 0 Å². The number of benzene rings is 1. The van der Waals surface area contributed by atoms with Crippen LogP contribution in [0.1, 0.15) is 43.1 Å². The molecule has 0 unspecified atom stereocenters. The van der Waals surface area contributed by atoms with Crippen LogP contribution >= 0.6 is 0 Å². The van der Waals surface area contributed by atoms with Crippen LogP contribution in [0.2, 0.25) is 0 Å². The molecule has 0 bridgehead atoms. The highest BCUT2D eigenvalue weighted by Gasteiger charge is 2.06. The zero-order valence-electron chi connectivity index (χ0n) is 16.1. The van der Waals surface area contributed by atoms with E-state index in [1.807, 2.05) is 39.0 Å². The Hall–Kier alpha value is -2.57. The molecular weight excluding hydrogens is 332 g/mol. The number of amides is 1. The molecule has 0 aromatic heterocycles. The number of nitrogens with zero attached hydrogens (tertiary/aromatic N) is 1. The summed E-state index contributed by atoms with van der Waals surface area (Å²) in [6.45, 7) is 7.40. The van der Waals surface area contributed by atoms with E-state index in [-0.39, 0.29) is 24.4 Å². The molecule has 1 aromatic carbocycles. The van der Waals surface area contributed by atoms with Crippen molar-refractivity contribution >= 4 is 17.8 Å². The second-order valence-corrected chi connectivity index (χ2v) is 6.01. The maximum atomic E-state index is 11.7. The SMILES string of the molecule is CCNC(=NCCC(=O)OC(C)C)NCCc1cccc(C(=O)NC)c1. The molecule has 0 heterocycles. The van der Waals surface area contributed by atoms with Gasteiger partial charge in [-0.2, -0.15) is 0 Å². The molecule has 1 rings (SSSR count). The average Bonchev–Trinajstić information content (AvgIpc) is 2.60. The minimum Gasteiger partial charge on any atom is -0.463 e. The van der Waals surface area contributed by atoms with Crippen LogP contribution in [-0.2, 0) is 16.0 Å². The van der Waals surface area contributed by atoms with Gasteiger partial charge in [-0.1, -0.05) is 12.1 Å². The average molecular weight is 362 g/mol. The highest BCUT2D eigenvalue weighted by Crippen LogP contribution is 2.05. The second-order valence-electron chi connectivity index (χ2n) is 6.01. The summed E-state index contributed by atoms with van der Waals surface area (Å²) >= 11 is 0. The summed E-state index contributed by atoms with van der Waals surface area (Å²) < 4.78 is 5.09. The zero-order chi connectivity index (χ0) is 19.4. The monoisotopic (exact) mass is 362 g/mol. The topological polar surface area (TPSA) is 91.8 Å². The van der Waals surface area contributed by atoms with Crippen molar-refractivity contribution < 1.29 is 14.3 Å². The van der Waals surface area contributed by atoms with Gasteiger partial charge in [0, 0.05) is 25.7 Å². The molecule has 144 valence electrons. The Morgan fingerprint density at radius 3 is 2.65 bits per heavy atom. The van der Waals surface area contributed by atoms with E-state index in [0.717, 1.165) is 18.5 Å². The molecule has 7 heteroatoms. The first-order chi connectivity index (χ1) is 12.5. The molecule has 0 radical (unpaired) electrons. The van der Waals surface area contributed by atoms with Crippen molar-refractivity contribution in [1.29, 1.82) is 0 Å². The molecular formula is C19H30N4O3. The summed E-state index contributed by atoms with van der Waals surface area (Å²) in [6.07, 6.45) is 0.900. The Morgan fingerprint density at radius 2 is 2.00 bits per heavy atom. The number of rotatable bonds is 9. The Balaban J connectivity index is 2.49. The van der Waals surface area contributed by atoms with Crippen LogP contribution in [0.5, 0.6) is 0 Å². The third-order valence-electron chi connectivity index (χ3n) is 3.42. The van der Waals surface area contributed by atoms with Gasteiger partial charge >= 0.3 is 5.97 Å². The van der Waals surface area contributed by atoms with E-state index in [2.05, 4.69) is 20.9 Å². The van der Waals surface area contributed by atoms with Gasteiger partial charge in [0.25, 0.3) is 5.91 Å².